The van der Waals surface area contributed by atoms with Gasteiger partial charge in [0.1, 0.15) is 0 Å². The number of anilines is 1. The van der Waals surface area contributed by atoms with E-state index in [0.717, 1.165) is 22.9 Å². The number of nitrogens with zero attached hydrogens (tertiary/aromatic N) is 2. The van der Waals surface area contributed by atoms with Crippen LogP contribution in [-0.4, -0.2) is 19.1 Å². The Morgan fingerprint density at radius 2 is 1.70 bits per heavy atom. The maximum Gasteiger partial charge on any atom is 0.418 e. The number of fused-ring (bicyclic) bond motifs is 1. The number of pyridine rings is 1. The first-order chi connectivity index (χ1) is 10.9. The van der Waals surface area contributed by atoms with E-state index in [1.807, 2.05) is 43.3 Å². The van der Waals surface area contributed by atoms with Gasteiger partial charge >= 0.3 is 6.18 Å². The number of para-hydroxylation sites is 1. The van der Waals surface area contributed by atoms with E-state index in [1.165, 1.54) is 12.3 Å². The molecule has 0 spiro atoms. The van der Waals surface area contributed by atoms with Crippen LogP contribution in [0.3, 0.4) is 0 Å². The van der Waals surface area contributed by atoms with E-state index in [-0.39, 0.29) is 5.52 Å². The third-order valence-corrected chi connectivity index (χ3v) is 3.75. The van der Waals surface area contributed by atoms with Gasteiger partial charge in [-0.05, 0) is 35.4 Å². The van der Waals surface area contributed by atoms with Crippen LogP contribution in [0.25, 0.3) is 22.0 Å². The summed E-state index contributed by atoms with van der Waals surface area (Å²) < 4.78 is 39.5. The molecular weight excluding hydrogens is 301 g/mol. The lowest BCUT2D eigenvalue weighted by molar-refractivity contribution is -0.136. The van der Waals surface area contributed by atoms with Crippen molar-refractivity contribution in [3.05, 3.63) is 60.3 Å². The minimum absolute atomic E-state index is 0.0206. The highest BCUT2D eigenvalue weighted by Crippen LogP contribution is 2.37. The summed E-state index contributed by atoms with van der Waals surface area (Å²) >= 11 is 0. The van der Waals surface area contributed by atoms with E-state index in [4.69, 9.17) is 0 Å². The van der Waals surface area contributed by atoms with E-state index < -0.39 is 11.7 Å². The highest BCUT2D eigenvalue weighted by Gasteiger charge is 2.33. The normalized spacial score (nSPS) is 11.7. The van der Waals surface area contributed by atoms with Crippen LogP contribution in [0.5, 0.6) is 0 Å². The molecule has 0 fully saturated rings. The van der Waals surface area contributed by atoms with Crippen molar-refractivity contribution in [2.24, 2.45) is 0 Å². The molecule has 0 atom stereocenters. The van der Waals surface area contributed by atoms with E-state index in [2.05, 4.69) is 4.98 Å². The largest absolute Gasteiger partial charge is 0.418 e. The Labute approximate surface area is 132 Å². The van der Waals surface area contributed by atoms with Gasteiger partial charge in [-0.2, -0.15) is 13.2 Å². The van der Waals surface area contributed by atoms with Crippen LogP contribution in [-0.2, 0) is 6.18 Å². The van der Waals surface area contributed by atoms with Crippen molar-refractivity contribution < 1.29 is 13.2 Å². The predicted octanol–water partition coefficient (Wildman–Crippen LogP) is 4.99. The third-order valence-electron chi connectivity index (χ3n) is 3.75. The molecule has 0 amide bonds. The number of halogens is 3. The number of rotatable bonds is 2. The summed E-state index contributed by atoms with van der Waals surface area (Å²) in [5, 5.41) is 0.498. The third kappa shape index (κ3) is 2.86. The molecule has 3 rings (SSSR count). The summed E-state index contributed by atoms with van der Waals surface area (Å²) in [6, 6.07) is 13.6. The molecule has 118 valence electrons. The lowest BCUT2D eigenvalue weighted by Gasteiger charge is -2.15. The Bertz CT molecular complexity index is 854. The first-order valence-electron chi connectivity index (χ1n) is 7.10. The Kier molecular flexibility index (Phi) is 3.72. The van der Waals surface area contributed by atoms with Crippen molar-refractivity contribution >= 4 is 16.6 Å². The average Bonchev–Trinajstić information content (AvgIpc) is 2.53. The van der Waals surface area contributed by atoms with Crippen LogP contribution < -0.4 is 4.90 Å². The van der Waals surface area contributed by atoms with Crippen molar-refractivity contribution in [1.29, 1.82) is 0 Å². The van der Waals surface area contributed by atoms with E-state index in [1.54, 1.807) is 12.1 Å². The van der Waals surface area contributed by atoms with Crippen LogP contribution >= 0.6 is 0 Å². The van der Waals surface area contributed by atoms with Gasteiger partial charge in [0.15, 0.2) is 0 Å². The molecule has 0 bridgehead atoms. The van der Waals surface area contributed by atoms with Gasteiger partial charge in [0.25, 0.3) is 0 Å². The zero-order valence-electron chi connectivity index (χ0n) is 12.7. The average molecular weight is 316 g/mol. The number of hydrogen-bond donors (Lipinski definition) is 0. The number of hydrogen-bond acceptors (Lipinski definition) is 2. The molecule has 1 aromatic heterocycles. The maximum absolute atomic E-state index is 13.2. The van der Waals surface area contributed by atoms with Crippen molar-refractivity contribution in [3.8, 4) is 11.1 Å². The monoisotopic (exact) mass is 316 g/mol. The molecular formula is C18H15F3N2. The van der Waals surface area contributed by atoms with Crippen molar-refractivity contribution in [2.75, 3.05) is 19.0 Å². The predicted molar refractivity (Wildman–Crippen MR) is 86.5 cm³/mol. The highest BCUT2D eigenvalue weighted by molar-refractivity contribution is 5.96. The van der Waals surface area contributed by atoms with E-state index in [9.17, 15) is 13.2 Å². The van der Waals surface area contributed by atoms with Gasteiger partial charge in [0.2, 0.25) is 0 Å². The molecule has 0 saturated heterocycles. The summed E-state index contributed by atoms with van der Waals surface area (Å²) in [5.74, 6) is 0. The molecule has 1 heterocycles. The standard InChI is InChI=1S/C18H15F3N2/c1-23(2)13-6-3-5-12(11-13)14-9-10-22-17-15(14)7-4-8-16(17)18(19,20)21/h3-11H,1-2H3. The fraction of sp³-hybridized carbons (Fsp3) is 0.167. The molecule has 0 unspecified atom stereocenters. The van der Waals surface area contributed by atoms with Crippen LogP contribution in [0.4, 0.5) is 18.9 Å². The summed E-state index contributed by atoms with van der Waals surface area (Å²) in [4.78, 5) is 5.91. The highest BCUT2D eigenvalue weighted by atomic mass is 19.4. The van der Waals surface area contributed by atoms with Crippen LogP contribution in [0.15, 0.2) is 54.7 Å². The molecule has 23 heavy (non-hydrogen) atoms. The first-order valence-corrected chi connectivity index (χ1v) is 7.10. The molecule has 2 nitrogen and oxygen atoms in total. The first kappa shape index (κ1) is 15.3. The Balaban J connectivity index is 2.26. The van der Waals surface area contributed by atoms with Crippen molar-refractivity contribution in [2.45, 2.75) is 6.18 Å². The van der Waals surface area contributed by atoms with Gasteiger partial charge < -0.3 is 4.90 Å². The van der Waals surface area contributed by atoms with Gasteiger partial charge in [-0.25, -0.2) is 0 Å². The zero-order chi connectivity index (χ0) is 16.6. The minimum Gasteiger partial charge on any atom is -0.378 e. The second-order valence-corrected chi connectivity index (χ2v) is 5.50. The number of aromatic nitrogens is 1. The fourth-order valence-electron chi connectivity index (χ4n) is 2.61. The summed E-state index contributed by atoms with van der Waals surface area (Å²) in [6.07, 6.45) is -2.99. The van der Waals surface area contributed by atoms with Gasteiger partial charge in [0.05, 0.1) is 11.1 Å². The summed E-state index contributed by atoms with van der Waals surface area (Å²) in [7, 11) is 3.84. The Hall–Kier alpha value is -2.56. The topological polar surface area (TPSA) is 16.1 Å². The Morgan fingerprint density at radius 3 is 2.39 bits per heavy atom. The van der Waals surface area contributed by atoms with Crippen LogP contribution in [0, 0.1) is 0 Å². The van der Waals surface area contributed by atoms with Gasteiger partial charge in [-0.15, -0.1) is 0 Å². The SMILES string of the molecule is CN(C)c1cccc(-c2ccnc3c(C(F)(F)F)cccc23)c1. The van der Waals surface area contributed by atoms with Crippen LogP contribution in [0.1, 0.15) is 5.56 Å². The van der Waals surface area contributed by atoms with Gasteiger partial charge in [-0.1, -0.05) is 24.3 Å². The van der Waals surface area contributed by atoms with E-state index >= 15 is 0 Å². The van der Waals surface area contributed by atoms with E-state index in [0.29, 0.717) is 5.39 Å². The van der Waals surface area contributed by atoms with Gasteiger partial charge in [-0.3, -0.25) is 4.98 Å². The Morgan fingerprint density at radius 1 is 0.957 bits per heavy atom. The molecule has 0 aliphatic rings. The number of alkyl halides is 3. The lowest BCUT2D eigenvalue weighted by atomic mass is 9.98. The summed E-state index contributed by atoms with van der Waals surface area (Å²) in [5.41, 5.74) is 1.86. The molecule has 2 aromatic carbocycles. The summed E-state index contributed by atoms with van der Waals surface area (Å²) in [6.45, 7) is 0. The van der Waals surface area contributed by atoms with Crippen molar-refractivity contribution in [1.82, 2.24) is 4.98 Å². The molecule has 0 aliphatic carbocycles. The maximum atomic E-state index is 13.2. The second kappa shape index (κ2) is 5.57. The molecule has 0 N–H and O–H groups in total. The lowest BCUT2D eigenvalue weighted by Crippen LogP contribution is -2.08. The van der Waals surface area contributed by atoms with Gasteiger partial charge in [0, 0.05) is 31.4 Å². The molecule has 5 heteroatoms. The molecule has 0 saturated carbocycles. The van der Waals surface area contributed by atoms with Crippen LogP contribution in [0.2, 0.25) is 0 Å². The quantitative estimate of drug-likeness (QED) is 0.662. The fourth-order valence-corrected chi connectivity index (χ4v) is 2.61. The minimum atomic E-state index is -4.42. The molecule has 0 radical (unpaired) electrons. The second-order valence-electron chi connectivity index (χ2n) is 5.50. The number of benzene rings is 2. The molecule has 0 aliphatic heterocycles. The smallest absolute Gasteiger partial charge is 0.378 e. The molecule has 3 aromatic rings. The zero-order valence-corrected chi connectivity index (χ0v) is 12.7. The van der Waals surface area contributed by atoms with Crippen molar-refractivity contribution in [3.63, 3.8) is 0 Å².